The number of allylic oxidation sites excluding steroid dienone is 4. The van der Waals surface area contributed by atoms with Gasteiger partial charge in [-0.25, -0.2) is 0 Å². The van der Waals surface area contributed by atoms with Gasteiger partial charge in [0.1, 0.15) is 0 Å². The van der Waals surface area contributed by atoms with E-state index >= 15 is 0 Å². The summed E-state index contributed by atoms with van der Waals surface area (Å²) in [5, 5.41) is 0. The summed E-state index contributed by atoms with van der Waals surface area (Å²) in [6.07, 6.45) is 8.00. The Morgan fingerprint density at radius 1 is 1.45 bits per heavy atom. The van der Waals surface area contributed by atoms with Crippen LogP contribution in [0.5, 0.6) is 0 Å². The van der Waals surface area contributed by atoms with Crippen LogP contribution in [0.4, 0.5) is 0 Å². The summed E-state index contributed by atoms with van der Waals surface area (Å²) in [5.74, 6) is 0. The minimum Gasteiger partial charge on any atom is -0.377 e. The summed E-state index contributed by atoms with van der Waals surface area (Å²) in [6, 6.07) is 0. The Bertz CT molecular complexity index is 269. The van der Waals surface area contributed by atoms with Crippen LogP contribution in [0.15, 0.2) is 34.9 Å². The summed E-state index contributed by atoms with van der Waals surface area (Å²) in [5.41, 5.74) is 4.23. The fraction of sp³-hybridized carbons (Fsp3) is 0.400. The van der Waals surface area contributed by atoms with E-state index < -0.39 is 0 Å². The summed E-state index contributed by atoms with van der Waals surface area (Å²) in [6.45, 7) is 2.09. The lowest BCUT2D eigenvalue weighted by Crippen LogP contribution is -2.07. The number of hydrogen-bond acceptors (Lipinski definition) is 1. The predicted molar refractivity (Wildman–Crippen MR) is 45.3 cm³/mol. The molecule has 1 atom stereocenters. The number of fused-ring (bicyclic) bond motifs is 2. The number of rotatable bonds is 2. The van der Waals surface area contributed by atoms with Crippen LogP contribution < -0.4 is 0 Å². The molecule has 0 amide bonds. The van der Waals surface area contributed by atoms with Crippen molar-refractivity contribution in [3.63, 3.8) is 0 Å². The van der Waals surface area contributed by atoms with Crippen molar-refractivity contribution in [3.8, 4) is 0 Å². The second-order valence-electron chi connectivity index (χ2n) is 3.09. The highest BCUT2D eigenvalue weighted by Gasteiger charge is 2.20. The van der Waals surface area contributed by atoms with Crippen molar-refractivity contribution in [2.75, 3.05) is 7.11 Å². The lowest BCUT2D eigenvalue weighted by molar-refractivity contribution is 0.149. The van der Waals surface area contributed by atoms with E-state index in [1.165, 1.54) is 16.7 Å². The fourth-order valence-electron chi connectivity index (χ4n) is 1.64. The van der Waals surface area contributed by atoms with Gasteiger partial charge in [-0.2, -0.15) is 0 Å². The third kappa shape index (κ3) is 0.962. The Morgan fingerprint density at radius 3 is 2.73 bits per heavy atom. The summed E-state index contributed by atoms with van der Waals surface area (Å²) >= 11 is 0. The van der Waals surface area contributed by atoms with Crippen molar-refractivity contribution in [2.24, 2.45) is 0 Å². The second kappa shape index (κ2) is 2.35. The van der Waals surface area contributed by atoms with Crippen LogP contribution in [0, 0.1) is 0 Å². The first-order chi connectivity index (χ1) is 5.31. The van der Waals surface area contributed by atoms with Gasteiger partial charge in [0.15, 0.2) is 0 Å². The SMILES string of the molecule is CO[C@@H](C)C1=C2C=CC(=C1)C2. The standard InChI is InChI=1S/C10H12O/c1-7(11-2)10-6-8-3-4-9(10)5-8/h3-4,6-7H,5H2,1-2H3/t7-/m0/s1. The molecule has 2 bridgehead atoms. The first kappa shape index (κ1) is 6.86. The zero-order chi connectivity index (χ0) is 7.84. The monoisotopic (exact) mass is 148 g/mol. The molecule has 0 saturated heterocycles. The van der Waals surface area contributed by atoms with Crippen LogP contribution in [-0.4, -0.2) is 13.2 Å². The van der Waals surface area contributed by atoms with E-state index in [-0.39, 0.29) is 6.10 Å². The fourth-order valence-corrected chi connectivity index (χ4v) is 1.64. The van der Waals surface area contributed by atoms with Gasteiger partial charge in [-0.15, -0.1) is 0 Å². The number of methoxy groups -OCH3 is 1. The van der Waals surface area contributed by atoms with Crippen molar-refractivity contribution < 1.29 is 4.74 Å². The molecule has 0 heterocycles. The third-order valence-corrected chi connectivity index (χ3v) is 2.40. The van der Waals surface area contributed by atoms with E-state index in [1.807, 2.05) is 0 Å². The molecule has 2 aliphatic carbocycles. The smallest absolute Gasteiger partial charge is 0.0795 e. The van der Waals surface area contributed by atoms with Crippen molar-refractivity contribution in [3.05, 3.63) is 34.9 Å². The Morgan fingerprint density at radius 2 is 2.27 bits per heavy atom. The molecular weight excluding hydrogens is 136 g/mol. The predicted octanol–water partition coefficient (Wildman–Crippen LogP) is 2.22. The topological polar surface area (TPSA) is 9.23 Å². The zero-order valence-corrected chi connectivity index (χ0v) is 6.92. The van der Waals surface area contributed by atoms with Crippen molar-refractivity contribution >= 4 is 0 Å². The molecule has 2 rings (SSSR count). The van der Waals surface area contributed by atoms with Gasteiger partial charge < -0.3 is 4.74 Å². The van der Waals surface area contributed by atoms with E-state index in [0.717, 1.165) is 6.42 Å². The number of ether oxygens (including phenoxy) is 1. The van der Waals surface area contributed by atoms with E-state index in [1.54, 1.807) is 7.11 Å². The Hall–Kier alpha value is -0.820. The van der Waals surface area contributed by atoms with Gasteiger partial charge in [0.25, 0.3) is 0 Å². The molecular formula is C10H12O. The van der Waals surface area contributed by atoms with E-state index in [2.05, 4.69) is 25.2 Å². The summed E-state index contributed by atoms with van der Waals surface area (Å²) in [7, 11) is 1.76. The lowest BCUT2D eigenvalue weighted by Gasteiger charge is -2.11. The van der Waals surface area contributed by atoms with Crippen molar-refractivity contribution in [2.45, 2.75) is 19.4 Å². The maximum Gasteiger partial charge on any atom is 0.0795 e. The molecule has 0 saturated carbocycles. The van der Waals surface area contributed by atoms with E-state index in [4.69, 9.17) is 4.74 Å². The molecule has 2 aliphatic rings. The number of hydrogen-bond donors (Lipinski definition) is 0. The van der Waals surface area contributed by atoms with Crippen LogP contribution in [0.2, 0.25) is 0 Å². The highest BCUT2D eigenvalue weighted by Crippen LogP contribution is 2.35. The van der Waals surface area contributed by atoms with Gasteiger partial charge in [-0.3, -0.25) is 0 Å². The normalized spacial score (nSPS) is 22.9. The summed E-state index contributed by atoms with van der Waals surface area (Å²) in [4.78, 5) is 0. The van der Waals surface area contributed by atoms with Gasteiger partial charge in [-0.05, 0) is 30.1 Å². The Labute approximate surface area is 67.1 Å². The molecule has 0 radical (unpaired) electrons. The van der Waals surface area contributed by atoms with Gasteiger partial charge in [-0.1, -0.05) is 18.2 Å². The van der Waals surface area contributed by atoms with Gasteiger partial charge in [0.2, 0.25) is 0 Å². The average Bonchev–Trinajstić information content (AvgIpc) is 2.62. The van der Waals surface area contributed by atoms with Crippen LogP contribution in [0.25, 0.3) is 0 Å². The molecule has 0 aromatic rings. The van der Waals surface area contributed by atoms with Crippen LogP contribution in [-0.2, 0) is 4.74 Å². The average molecular weight is 148 g/mol. The molecule has 58 valence electrons. The maximum absolute atomic E-state index is 5.25. The second-order valence-corrected chi connectivity index (χ2v) is 3.09. The molecule has 0 aromatic heterocycles. The maximum atomic E-state index is 5.25. The third-order valence-electron chi connectivity index (χ3n) is 2.40. The van der Waals surface area contributed by atoms with Gasteiger partial charge in [0.05, 0.1) is 6.10 Å². The van der Waals surface area contributed by atoms with Crippen molar-refractivity contribution in [1.29, 1.82) is 0 Å². The quantitative estimate of drug-likeness (QED) is 0.583. The molecule has 0 aliphatic heterocycles. The van der Waals surface area contributed by atoms with Crippen molar-refractivity contribution in [1.82, 2.24) is 0 Å². The lowest BCUT2D eigenvalue weighted by atomic mass is 10.1. The van der Waals surface area contributed by atoms with Crippen LogP contribution in [0.3, 0.4) is 0 Å². The molecule has 0 spiro atoms. The minimum atomic E-state index is 0.257. The largest absolute Gasteiger partial charge is 0.377 e. The molecule has 1 nitrogen and oxygen atoms in total. The van der Waals surface area contributed by atoms with Gasteiger partial charge in [0, 0.05) is 7.11 Å². The molecule has 1 heteroatoms. The highest BCUT2D eigenvalue weighted by atomic mass is 16.5. The first-order valence-corrected chi connectivity index (χ1v) is 3.96. The van der Waals surface area contributed by atoms with Crippen LogP contribution in [0.1, 0.15) is 13.3 Å². The Balaban J connectivity index is 2.30. The highest BCUT2D eigenvalue weighted by molar-refractivity contribution is 5.55. The molecule has 0 unspecified atom stereocenters. The molecule has 11 heavy (non-hydrogen) atoms. The summed E-state index contributed by atoms with van der Waals surface area (Å²) < 4.78 is 5.25. The zero-order valence-electron chi connectivity index (χ0n) is 6.92. The van der Waals surface area contributed by atoms with E-state index in [9.17, 15) is 0 Å². The molecule has 0 N–H and O–H groups in total. The minimum absolute atomic E-state index is 0.257. The molecule has 0 fully saturated rings. The van der Waals surface area contributed by atoms with E-state index in [0.29, 0.717) is 0 Å². The molecule has 0 aromatic carbocycles. The van der Waals surface area contributed by atoms with Gasteiger partial charge >= 0.3 is 0 Å². The Kier molecular flexibility index (Phi) is 1.46. The first-order valence-electron chi connectivity index (χ1n) is 3.96. The van der Waals surface area contributed by atoms with Crippen LogP contribution >= 0.6 is 0 Å².